The highest BCUT2D eigenvalue weighted by Crippen LogP contribution is 2.12. The second kappa shape index (κ2) is 10.2. The average Bonchev–Trinajstić information content (AvgIpc) is 2.90. The summed E-state index contributed by atoms with van der Waals surface area (Å²) in [6.45, 7) is 9.56. The third-order valence-corrected chi connectivity index (χ3v) is 4.04. The highest BCUT2D eigenvalue weighted by molar-refractivity contribution is 5.76. The van der Waals surface area contributed by atoms with Crippen molar-refractivity contribution in [2.24, 2.45) is 5.92 Å². The van der Waals surface area contributed by atoms with Crippen LogP contribution in [0.3, 0.4) is 0 Å². The Kier molecular flexibility index (Phi) is 8.92. The van der Waals surface area contributed by atoms with Crippen LogP contribution in [-0.2, 0) is 4.79 Å². The summed E-state index contributed by atoms with van der Waals surface area (Å²) in [6.07, 6.45) is 9.32. The summed E-state index contributed by atoms with van der Waals surface area (Å²) in [6, 6.07) is 0.526. The quantitative estimate of drug-likeness (QED) is 0.621. The zero-order valence-electron chi connectivity index (χ0n) is 13.8. The van der Waals surface area contributed by atoms with E-state index in [9.17, 15) is 4.79 Å². The van der Waals surface area contributed by atoms with Gasteiger partial charge < -0.3 is 10.2 Å². The molecule has 118 valence electrons. The molecule has 1 heterocycles. The second-order valence-corrected chi connectivity index (χ2v) is 6.65. The molecular weight excluding hydrogens is 248 g/mol. The molecule has 3 nitrogen and oxygen atoms in total. The maximum atomic E-state index is 12.4. The van der Waals surface area contributed by atoms with Crippen molar-refractivity contribution in [2.75, 3.05) is 19.6 Å². The Morgan fingerprint density at radius 1 is 1.25 bits per heavy atom. The van der Waals surface area contributed by atoms with Crippen molar-refractivity contribution in [1.29, 1.82) is 0 Å². The minimum absolute atomic E-state index is 0.365. The molecule has 20 heavy (non-hydrogen) atoms. The van der Waals surface area contributed by atoms with Crippen LogP contribution in [-0.4, -0.2) is 36.5 Å². The minimum Gasteiger partial charge on any atom is -0.341 e. The molecule has 1 atom stereocenters. The van der Waals surface area contributed by atoms with Gasteiger partial charge in [0.25, 0.3) is 0 Å². The van der Waals surface area contributed by atoms with E-state index in [0.29, 0.717) is 17.9 Å². The Bertz CT molecular complexity index is 260. The van der Waals surface area contributed by atoms with Gasteiger partial charge in [0.1, 0.15) is 0 Å². The van der Waals surface area contributed by atoms with Crippen LogP contribution in [0.2, 0.25) is 0 Å². The van der Waals surface area contributed by atoms with Crippen LogP contribution in [0.4, 0.5) is 0 Å². The lowest BCUT2D eigenvalue weighted by Crippen LogP contribution is -2.42. The fourth-order valence-corrected chi connectivity index (χ4v) is 2.94. The highest BCUT2D eigenvalue weighted by atomic mass is 16.2. The molecule has 1 rings (SSSR count). The first-order valence-electron chi connectivity index (χ1n) is 8.64. The molecule has 1 saturated heterocycles. The van der Waals surface area contributed by atoms with E-state index in [0.717, 1.165) is 32.5 Å². The van der Waals surface area contributed by atoms with Gasteiger partial charge in [-0.3, -0.25) is 4.79 Å². The van der Waals surface area contributed by atoms with Gasteiger partial charge in [-0.1, -0.05) is 46.5 Å². The SMILES string of the molecule is CCCCCCCC(=O)N(CC(C)C)CC1CCCN1. The molecule has 1 amide bonds. The maximum Gasteiger partial charge on any atom is 0.222 e. The molecule has 0 aromatic rings. The number of rotatable bonds is 10. The summed E-state index contributed by atoms with van der Waals surface area (Å²) in [4.78, 5) is 14.5. The molecule has 1 aliphatic heterocycles. The Hall–Kier alpha value is -0.570. The third kappa shape index (κ3) is 7.28. The highest BCUT2D eigenvalue weighted by Gasteiger charge is 2.21. The predicted molar refractivity (Wildman–Crippen MR) is 85.8 cm³/mol. The normalized spacial score (nSPS) is 18.7. The van der Waals surface area contributed by atoms with Gasteiger partial charge in [-0.25, -0.2) is 0 Å². The summed E-state index contributed by atoms with van der Waals surface area (Å²) in [5, 5.41) is 3.51. The van der Waals surface area contributed by atoms with Crippen molar-refractivity contribution in [3.05, 3.63) is 0 Å². The van der Waals surface area contributed by atoms with Crippen LogP contribution < -0.4 is 5.32 Å². The molecule has 3 heteroatoms. The van der Waals surface area contributed by atoms with E-state index in [-0.39, 0.29) is 0 Å². The topological polar surface area (TPSA) is 32.3 Å². The molecule has 0 saturated carbocycles. The smallest absolute Gasteiger partial charge is 0.222 e. The molecule has 0 aromatic heterocycles. The van der Waals surface area contributed by atoms with Crippen molar-refractivity contribution in [3.63, 3.8) is 0 Å². The lowest BCUT2D eigenvalue weighted by atomic mass is 10.1. The summed E-state index contributed by atoms with van der Waals surface area (Å²) in [5.74, 6) is 0.921. The second-order valence-electron chi connectivity index (χ2n) is 6.65. The minimum atomic E-state index is 0.365. The average molecular weight is 282 g/mol. The Morgan fingerprint density at radius 2 is 2.00 bits per heavy atom. The molecule has 1 N–H and O–H groups in total. The van der Waals surface area contributed by atoms with E-state index in [4.69, 9.17) is 0 Å². The fraction of sp³-hybridized carbons (Fsp3) is 0.941. The van der Waals surface area contributed by atoms with Gasteiger partial charge in [-0.2, -0.15) is 0 Å². The molecule has 0 spiro atoms. The van der Waals surface area contributed by atoms with Gasteiger partial charge in [-0.15, -0.1) is 0 Å². The summed E-state index contributed by atoms with van der Waals surface area (Å²) < 4.78 is 0. The van der Waals surface area contributed by atoms with Gasteiger partial charge in [0.2, 0.25) is 5.91 Å². The summed E-state index contributed by atoms with van der Waals surface area (Å²) in [5.41, 5.74) is 0. The lowest BCUT2D eigenvalue weighted by molar-refractivity contribution is -0.132. The fourth-order valence-electron chi connectivity index (χ4n) is 2.94. The summed E-state index contributed by atoms with van der Waals surface area (Å²) >= 11 is 0. The first-order chi connectivity index (χ1) is 9.63. The molecule has 0 aromatic carbocycles. The standard InChI is InChI=1S/C17H34N2O/c1-4-5-6-7-8-11-17(20)19(13-15(2)3)14-16-10-9-12-18-16/h15-16,18H,4-14H2,1-3H3. The Balaban J connectivity index is 2.30. The summed E-state index contributed by atoms with van der Waals surface area (Å²) in [7, 11) is 0. The van der Waals surface area contributed by atoms with Crippen molar-refractivity contribution in [2.45, 2.75) is 78.2 Å². The van der Waals surface area contributed by atoms with Crippen LogP contribution in [0, 0.1) is 5.92 Å². The Labute approximate surface area is 125 Å². The van der Waals surface area contributed by atoms with Crippen molar-refractivity contribution in [1.82, 2.24) is 10.2 Å². The molecule has 0 radical (unpaired) electrons. The monoisotopic (exact) mass is 282 g/mol. The zero-order valence-corrected chi connectivity index (χ0v) is 13.8. The number of hydrogen-bond donors (Lipinski definition) is 1. The van der Waals surface area contributed by atoms with Gasteiger partial charge >= 0.3 is 0 Å². The van der Waals surface area contributed by atoms with Gasteiger partial charge in [0.05, 0.1) is 0 Å². The van der Waals surface area contributed by atoms with Crippen LogP contribution in [0.5, 0.6) is 0 Å². The van der Waals surface area contributed by atoms with Crippen molar-refractivity contribution in [3.8, 4) is 0 Å². The van der Waals surface area contributed by atoms with E-state index in [2.05, 4.69) is 31.0 Å². The van der Waals surface area contributed by atoms with E-state index in [1.54, 1.807) is 0 Å². The number of nitrogens with one attached hydrogen (secondary N) is 1. The van der Waals surface area contributed by atoms with Crippen LogP contribution in [0.1, 0.15) is 72.1 Å². The molecule has 1 aliphatic rings. The van der Waals surface area contributed by atoms with Crippen molar-refractivity contribution >= 4 is 5.91 Å². The Morgan fingerprint density at radius 3 is 2.60 bits per heavy atom. The molecule has 0 aliphatic carbocycles. The van der Waals surface area contributed by atoms with Gasteiger partial charge in [0.15, 0.2) is 0 Å². The van der Waals surface area contributed by atoms with Gasteiger partial charge in [-0.05, 0) is 31.7 Å². The number of unbranched alkanes of at least 4 members (excludes halogenated alkanes) is 4. The first-order valence-corrected chi connectivity index (χ1v) is 8.64. The molecular formula is C17H34N2O. The third-order valence-electron chi connectivity index (χ3n) is 4.04. The lowest BCUT2D eigenvalue weighted by Gasteiger charge is -2.27. The van der Waals surface area contributed by atoms with Gasteiger partial charge in [0, 0.05) is 25.6 Å². The van der Waals surface area contributed by atoms with E-state index >= 15 is 0 Å². The largest absolute Gasteiger partial charge is 0.341 e. The number of carbonyl (C=O) groups excluding carboxylic acids is 1. The number of carbonyl (C=O) groups is 1. The molecule has 1 fully saturated rings. The van der Waals surface area contributed by atoms with Crippen LogP contribution in [0.15, 0.2) is 0 Å². The maximum absolute atomic E-state index is 12.4. The van der Waals surface area contributed by atoms with E-state index in [1.165, 1.54) is 38.5 Å². The van der Waals surface area contributed by atoms with Crippen molar-refractivity contribution < 1.29 is 4.79 Å². The number of nitrogens with zero attached hydrogens (tertiary/aromatic N) is 1. The van der Waals surface area contributed by atoms with Crippen LogP contribution in [0.25, 0.3) is 0 Å². The molecule has 0 bridgehead atoms. The number of hydrogen-bond acceptors (Lipinski definition) is 2. The first kappa shape index (κ1) is 17.5. The number of amides is 1. The van der Waals surface area contributed by atoms with E-state index in [1.807, 2.05) is 0 Å². The molecule has 1 unspecified atom stereocenters. The zero-order chi connectivity index (χ0) is 14.8. The predicted octanol–water partition coefficient (Wildman–Crippen LogP) is 3.58. The van der Waals surface area contributed by atoms with Crippen LogP contribution >= 0.6 is 0 Å². The van der Waals surface area contributed by atoms with E-state index < -0.39 is 0 Å².